The highest BCUT2D eigenvalue weighted by Crippen LogP contribution is 2.29. The molecule has 92 valence electrons. The molecule has 0 heterocycles. The van der Waals surface area contributed by atoms with Gasteiger partial charge in [0, 0.05) is 11.1 Å². The lowest BCUT2D eigenvalue weighted by molar-refractivity contribution is 0.103. The van der Waals surface area contributed by atoms with Crippen molar-refractivity contribution in [2.45, 2.75) is 6.92 Å². The van der Waals surface area contributed by atoms with Crippen LogP contribution in [-0.4, -0.2) is 5.78 Å². The van der Waals surface area contributed by atoms with Crippen molar-refractivity contribution in [3.05, 3.63) is 68.2 Å². The summed E-state index contributed by atoms with van der Waals surface area (Å²) in [5.41, 5.74) is 1.77. The minimum atomic E-state index is -0.229. The quantitative estimate of drug-likeness (QED) is 0.698. The van der Waals surface area contributed by atoms with Crippen LogP contribution in [0, 0.1) is 6.92 Å². The zero-order valence-corrected chi connectivity index (χ0v) is 11.8. The summed E-state index contributed by atoms with van der Waals surface area (Å²) in [4.78, 5) is 12.3. The standard InChI is InChI=1S/C14H9Cl3O/c1-8-5-6-9(12(16)7-8)14(18)10-3-2-4-11(15)13(10)17/h2-7H,1H3. The first-order chi connectivity index (χ1) is 8.50. The Morgan fingerprint density at radius 2 is 1.67 bits per heavy atom. The average Bonchev–Trinajstić information content (AvgIpc) is 2.32. The molecule has 4 heteroatoms. The number of carbonyl (C=O) groups excluding carboxylic acids is 1. The van der Waals surface area contributed by atoms with Crippen molar-refractivity contribution in [1.82, 2.24) is 0 Å². The summed E-state index contributed by atoms with van der Waals surface area (Å²) >= 11 is 18.0. The van der Waals surface area contributed by atoms with E-state index >= 15 is 0 Å². The maximum absolute atomic E-state index is 12.3. The van der Waals surface area contributed by atoms with Crippen molar-refractivity contribution >= 4 is 40.6 Å². The van der Waals surface area contributed by atoms with Crippen molar-refractivity contribution in [1.29, 1.82) is 0 Å². The van der Waals surface area contributed by atoms with E-state index in [-0.39, 0.29) is 10.8 Å². The molecular weight excluding hydrogens is 291 g/mol. The van der Waals surface area contributed by atoms with E-state index in [2.05, 4.69) is 0 Å². The minimum absolute atomic E-state index is 0.229. The summed E-state index contributed by atoms with van der Waals surface area (Å²) in [5, 5.41) is 1.02. The Morgan fingerprint density at radius 1 is 0.944 bits per heavy atom. The second-order valence-electron chi connectivity index (χ2n) is 3.91. The fourth-order valence-electron chi connectivity index (χ4n) is 1.63. The Hall–Kier alpha value is -1.02. The Balaban J connectivity index is 2.51. The third-order valence-corrected chi connectivity index (χ3v) is 3.70. The van der Waals surface area contributed by atoms with E-state index in [0.717, 1.165) is 5.56 Å². The van der Waals surface area contributed by atoms with E-state index in [1.54, 1.807) is 30.3 Å². The van der Waals surface area contributed by atoms with E-state index < -0.39 is 0 Å². The summed E-state index contributed by atoms with van der Waals surface area (Å²) in [6.45, 7) is 1.91. The van der Waals surface area contributed by atoms with Crippen molar-refractivity contribution in [3.8, 4) is 0 Å². The van der Waals surface area contributed by atoms with Crippen LogP contribution in [0.25, 0.3) is 0 Å². The Kier molecular flexibility index (Phi) is 3.96. The molecule has 0 saturated carbocycles. The highest BCUT2D eigenvalue weighted by atomic mass is 35.5. The van der Waals surface area contributed by atoms with E-state index in [4.69, 9.17) is 34.8 Å². The number of benzene rings is 2. The molecule has 0 aromatic heterocycles. The number of halogens is 3. The van der Waals surface area contributed by atoms with E-state index in [1.807, 2.05) is 13.0 Å². The van der Waals surface area contributed by atoms with Gasteiger partial charge >= 0.3 is 0 Å². The Morgan fingerprint density at radius 3 is 2.33 bits per heavy atom. The van der Waals surface area contributed by atoms with Gasteiger partial charge in [-0.2, -0.15) is 0 Å². The number of hydrogen-bond acceptors (Lipinski definition) is 1. The molecule has 2 aromatic rings. The maximum Gasteiger partial charge on any atom is 0.196 e. The van der Waals surface area contributed by atoms with Crippen molar-refractivity contribution in [2.24, 2.45) is 0 Å². The lowest BCUT2D eigenvalue weighted by Gasteiger charge is -2.07. The van der Waals surface area contributed by atoms with Crippen LogP contribution in [0.3, 0.4) is 0 Å². The van der Waals surface area contributed by atoms with Gasteiger partial charge in [0.05, 0.1) is 15.1 Å². The molecule has 0 bridgehead atoms. The number of ketones is 1. The molecule has 2 aromatic carbocycles. The van der Waals surface area contributed by atoms with Gasteiger partial charge < -0.3 is 0 Å². The minimum Gasteiger partial charge on any atom is -0.288 e. The molecule has 0 fully saturated rings. The molecule has 0 radical (unpaired) electrons. The average molecular weight is 300 g/mol. The largest absolute Gasteiger partial charge is 0.288 e. The third kappa shape index (κ3) is 2.54. The molecule has 0 aliphatic carbocycles. The van der Waals surface area contributed by atoms with E-state index in [9.17, 15) is 4.79 Å². The summed E-state index contributed by atoms with van der Waals surface area (Å²) < 4.78 is 0. The molecule has 0 aliphatic heterocycles. The highest BCUT2D eigenvalue weighted by molar-refractivity contribution is 6.45. The smallest absolute Gasteiger partial charge is 0.196 e. The van der Waals surface area contributed by atoms with Gasteiger partial charge in [0.2, 0.25) is 0 Å². The topological polar surface area (TPSA) is 17.1 Å². The van der Waals surface area contributed by atoms with Crippen molar-refractivity contribution in [2.75, 3.05) is 0 Å². The molecule has 0 N–H and O–H groups in total. The third-order valence-electron chi connectivity index (χ3n) is 2.57. The van der Waals surface area contributed by atoms with Gasteiger partial charge in [-0.15, -0.1) is 0 Å². The number of hydrogen-bond donors (Lipinski definition) is 0. The van der Waals surface area contributed by atoms with Gasteiger partial charge in [0.25, 0.3) is 0 Å². The van der Waals surface area contributed by atoms with Crippen LogP contribution in [0.4, 0.5) is 0 Å². The fourth-order valence-corrected chi connectivity index (χ4v) is 2.34. The normalized spacial score (nSPS) is 10.4. The van der Waals surface area contributed by atoms with E-state index in [1.165, 1.54) is 0 Å². The van der Waals surface area contributed by atoms with Gasteiger partial charge in [0.1, 0.15) is 0 Å². The SMILES string of the molecule is Cc1ccc(C(=O)c2cccc(Cl)c2Cl)c(Cl)c1. The first-order valence-corrected chi connectivity index (χ1v) is 6.39. The summed E-state index contributed by atoms with van der Waals surface area (Å²) in [5.74, 6) is -0.229. The first kappa shape index (κ1) is 13.4. The van der Waals surface area contributed by atoms with Gasteiger partial charge in [-0.25, -0.2) is 0 Å². The summed E-state index contributed by atoms with van der Waals surface area (Å²) in [6, 6.07) is 10.2. The lowest BCUT2D eigenvalue weighted by atomic mass is 10.0. The van der Waals surface area contributed by atoms with E-state index in [0.29, 0.717) is 21.2 Å². The monoisotopic (exact) mass is 298 g/mol. The molecular formula is C14H9Cl3O. The second-order valence-corrected chi connectivity index (χ2v) is 5.11. The Bertz CT molecular complexity index is 620. The van der Waals surface area contributed by atoms with Crippen molar-refractivity contribution in [3.63, 3.8) is 0 Å². The lowest BCUT2D eigenvalue weighted by Crippen LogP contribution is -2.03. The molecule has 0 spiro atoms. The molecule has 1 nitrogen and oxygen atoms in total. The maximum atomic E-state index is 12.3. The highest BCUT2D eigenvalue weighted by Gasteiger charge is 2.17. The zero-order valence-electron chi connectivity index (χ0n) is 9.51. The summed E-state index contributed by atoms with van der Waals surface area (Å²) in [7, 11) is 0. The van der Waals surface area contributed by atoms with Crippen LogP contribution in [-0.2, 0) is 0 Å². The van der Waals surface area contributed by atoms with Gasteiger partial charge in [-0.1, -0.05) is 46.9 Å². The van der Waals surface area contributed by atoms with Crippen LogP contribution in [0.1, 0.15) is 21.5 Å². The molecule has 0 unspecified atom stereocenters. The molecule has 0 amide bonds. The predicted molar refractivity (Wildman–Crippen MR) is 76.1 cm³/mol. The fraction of sp³-hybridized carbons (Fsp3) is 0.0714. The number of rotatable bonds is 2. The van der Waals surface area contributed by atoms with Crippen LogP contribution < -0.4 is 0 Å². The van der Waals surface area contributed by atoms with Crippen LogP contribution in [0.2, 0.25) is 15.1 Å². The van der Waals surface area contributed by atoms with Gasteiger partial charge in [0.15, 0.2) is 5.78 Å². The first-order valence-electron chi connectivity index (χ1n) is 5.25. The molecule has 2 rings (SSSR count). The van der Waals surface area contributed by atoms with Crippen molar-refractivity contribution < 1.29 is 4.79 Å². The number of aryl methyl sites for hydroxylation is 1. The van der Waals surface area contributed by atoms with Gasteiger partial charge in [-0.05, 0) is 36.8 Å². The molecule has 0 atom stereocenters. The summed E-state index contributed by atoms with van der Waals surface area (Å²) in [6.07, 6.45) is 0. The van der Waals surface area contributed by atoms with Gasteiger partial charge in [-0.3, -0.25) is 4.79 Å². The number of carbonyl (C=O) groups is 1. The van der Waals surface area contributed by atoms with Crippen LogP contribution in [0.5, 0.6) is 0 Å². The zero-order chi connectivity index (χ0) is 13.3. The van der Waals surface area contributed by atoms with Crippen LogP contribution >= 0.6 is 34.8 Å². The molecule has 18 heavy (non-hydrogen) atoms. The molecule has 0 saturated heterocycles. The predicted octanol–water partition coefficient (Wildman–Crippen LogP) is 5.19. The van der Waals surface area contributed by atoms with Crippen LogP contribution in [0.15, 0.2) is 36.4 Å². The molecule has 0 aliphatic rings. The Labute approximate surface area is 120 Å². The second kappa shape index (κ2) is 5.31.